The average Bonchev–Trinajstić information content (AvgIpc) is 2.95. The van der Waals surface area contributed by atoms with Gasteiger partial charge in [-0.3, -0.25) is 0 Å². The Morgan fingerprint density at radius 3 is 3.12 bits per heavy atom. The summed E-state index contributed by atoms with van der Waals surface area (Å²) in [4.78, 5) is 7.02. The molecule has 1 aromatic rings. The van der Waals surface area contributed by atoms with Crippen molar-refractivity contribution in [3.8, 4) is 0 Å². The molecule has 16 heavy (non-hydrogen) atoms. The molecule has 0 saturated carbocycles. The Bertz CT molecular complexity index is 337. The monoisotopic (exact) mass is 223 g/mol. The second kappa shape index (κ2) is 4.97. The highest BCUT2D eigenvalue weighted by molar-refractivity contribution is 5.06. The predicted molar refractivity (Wildman–Crippen MR) is 63.4 cm³/mol. The molecule has 1 fully saturated rings. The minimum Gasteiger partial charge on any atom is -0.448 e. The third-order valence-corrected chi connectivity index (χ3v) is 3.49. The molecule has 4 heteroatoms. The number of likely N-dealkylation sites (N-methyl/N-ethyl adjacent to an activating group) is 1. The van der Waals surface area contributed by atoms with Crippen LogP contribution in [0.4, 0.5) is 0 Å². The van der Waals surface area contributed by atoms with Crippen molar-refractivity contribution in [2.75, 3.05) is 26.7 Å². The molecule has 4 nitrogen and oxygen atoms in total. The Kier molecular flexibility index (Phi) is 3.61. The first-order valence-corrected chi connectivity index (χ1v) is 6.09. The molecule has 2 heterocycles. The van der Waals surface area contributed by atoms with Crippen molar-refractivity contribution in [1.82, 2.24) is 15.2 Å². The number of hydrogen-bond donors (Lipinski definition) is 1. The summed E-state index contributed by atoms with van der Waals surface area (Å²) in [6.07, 6.45) is 2.95. The van der Waals surface area contributed by atoms with Gasteiger partial charge in [0.1, 0.15) is 6.26 Å². The third-order valence-electron chi connectivity index (χ3n) is 3.49. The van der Waals surface area contributed by atoms with E-state index in [-0.39, 0.29) is 6.04 Å². The van der Waals surface area contributed by atoms with Gasteiger partial charge in [-0.2, -0.15) is 0 Å². The lowest BCUT2D eigenvalue weighted by Crippen LogP contribution is -2.19. The summed E-state index contributed by atoms with van der Waals surface area (Å²) in [5.41, 5.74) is 1.01. The van der Waals surface area contributed by atoms with Crippen LogP contribution in [-0.4, -0.2) is 36.6 Å². The molecule has 1 N–H and O–H groups in total. The Hall–Kier alpha value is -0.870. The van der Waals surface area contributed by atoms with Gasteiger partial charge in [-0.25, -0.2) is 4.98 Å². The molecule has 1 aliphatic rings. The standard InChI is InChI=1S/C12H21N3O/c1-4-15-6-5-10(7-15)12-14-11(8-16-12)9(2)13-3/h8-10,13H,4-7H2,1-3H3. The lowest BCUT2D eigenvalue weighted by molar-refractivity contribution is 0.344. The first kappa shape index (κ1) is 11.6. The smallest absolute Gasteiger partial charge is 0.198 e. The van der Waals surface area contributed by atoms with Crippen LogP contribution in [0.2, 0.25) is 0 Å². The van der Waals surface area contributed by atoms with E-state index in [9.17, 15) is 0 Å². The van der Waals surface area contributed by atoms with Crippen molar-refractivity contribution in [3.63, 3.8) is 0 Å². The molecule has 0 aromatic carbocycles. The zero-order chi connectivity index (χ0) is 11.5. The van der Waals surface area contributed by atoms with Crippen molar-refractivity contribution in [1.29, 1.82) is 0 Å². The van der Waals surface area contributed by atoms with Crippen LogP contribution in [0, 0.1) is 0 Å². The molecule has 0 radical (unpaired) electrons. The van der Waals surface area contributed by atoms with Crippen molar-refractivity contribution in [3.05, 3.63) is 17.8 Å². The van der Waals surface area contributed by atoms with Gasteiger partial charge in [0.25, 0.3) is 0 Å². The van der Waals surface area contributed by atoms with E-state index >= 15 is 0 Å². The Morgan fingerprint density at radius 1 is 1.69 bits per heavy atom. The SMILES string of the molecule is CCN1CCC(c2nc(C(C)NC)co2)C1. The maximum Gasteiger partial charge on any atom is 0.198 e. The van der Waals surface area contributed by atoms with Gasteiger partial charge in [0.05, 0.1) is 5.69 Å². The summed E-state index contributed by atoms with van der Waals surface area (Å²) in [7, 11) is 1.94. The van der Waals surface area contributed by atoms with Crippen LogP contribution >= 0.6 is 0 Å². The number of likely N-dealkylation sites (tertiary alicyclic amines) is 1. The minimum atomic E-state index is 0.265. The number of nitrogens with one attached hydrogen (secondary N) is 1. The number of nitrogens with zero attached hydrogens (tertiary/aromatic N) is 2. The second-order valence-corrected chi connectivity index (χ2v) is 4.50. The molecule has 1 saturated heterocycles. The van der Waals surface area contributed by atoms with Crippen molar-refractivity contribution in [2.24, 2.45) is 0 Å². The van der Waals surface area contributed by atoms with Crippen molar-refractivity contribution in [2.45, 2.75) is 32.2 Å². The fraction of sp³-hybridized carbons (Fsp3) is 0.750. The highest BCUT2D eigenvalue weighted by atomic mass is 16.3. The van der Waals surface area contributed by atoms with E-state index in [0.717, 1.165) is 24.7 Å². The molecule has 2 unspecified atom stereocenters. The Labute approximate surface area is 97.0 Å². The Morgan fingerprint density at radius 2 is 2.50 bits per heavy atom. The van der Waals surface area contributed by atoms with E-state index < -0.39 is 0 Å². The van der Waals surface area contributed by atoms with Crippen LogP contribution in [0.15, 0.2) is 10.7 Å². The molecular formula is C12H21N3O. The van der Waals surface area contributed by atoms with Gasteiger partial charge in [-0.15, -0.1) is 0 Å². The second-order valence-electron chi connectivity index (χ2n) is 4.50. The number of hydrogen-bond acceptors (Lipinski definition) is 4. The van der Waals surface area contributed by atoms with E-state index in [2.05, 4.69) is 29.0 Å². The summed E-state index contributed by atoms with van der Waals surface area (Å²) in [6, 6.07) is 0.265. The fourth-order valence-electron chi connectivity index (χ4n) is 2.16. The molecular weight excluding hydrogens is 202 g/mol. The zero-order valence-corrected chi connectivity index (χ0v) is 10.4. The average molecular weight is 223 g/mol. The van der Waals surface area contributed by atoms with E-state index in [0.29, 0.717) is 5.92 Å². The summed E-state index contributed by atoms with van der Waals surface area (Å²) < 4.78 is 5.59. The lowest BCUT2D eigenvalue weighted by Gasteiger charge is -2.10. The summed E-state index contributed by atoms with van der Waals surface area (Å²) >= 11 is 0. The van der Waals surface area contributed by atoms with Gasteiger partial charge in [-0.05, 0) is 33.5 Å². The van der Waals surface area contributed by atoms with Gasteiger partial charge < -0.3 is 14.6 Å². The number of aromatic nitrogens is 1. The number of oxazole rings is 1. The van der Waals surface area contributed by atoms with Gasteiger partial charge in [0.2, 0.25) is 0 Å². The molecule has 0 spiro atoms. The highest BCUT2D eigenvalue weighted by Gasteiger charge is 2.26. The minimum absolute atomic E-state index is 0.265. The molecule has 90 valence electrons. The summed E-state index contributed by atoms with van der Waals surface area (Å²) in [5.74, 6) is 1.39. The first-order valence-electron chi connectivity index (χ1n) is 6.09. The van der Waals surface area contributed by atoms with Crippen LogP contribution < -0.4 is 5.32 Å². The molecule has 2 rings (SSSR count). The van der Waals surface area contributed by atoms with E-state index in [1.165, 1.54) is 13.0 Å². The molecule has 0 amide bonds. The van der Waals surface area contributed by atoms with Gasteiger partial charge >= 0.3 is 0 Å². The predicted octanol–water partition coefficient (Wildman–Crippen LogP) is 1.76. The van der Waals surface area contributed by atoms with Gasteiger partial charge in [-0.1, -0.05) is 6.92 Å². The van der Waals surface area contributed by atoms with E-state index in [4.69, 9.17) is 4.42 Å². The topological polar surface area (TPSA) is 41.3 Å². The van der Waals surface area contributed by atoms with Gasteiger partial charge in [0.15, 0.2) is 5.89 Å². The summed E-state index contributed by atoms with van der Waals surface area (Å²) in [5, 5.41) is 3.17. The highest BCUT2D eigenvalue weighted by Crippen LogP contribution is 2.27. The molecule has 0 aliphatic carbocycles. The molecule has 1 aliphatic heterocycles. The maximum absolute atomic E-state index is 5.59. The lowest BCUT2D eigenvalue weighted by atomic mass is 10.1. The quantitative estimate of drug-likeness (QED) is 0.844. The Balaban J connectivity index is 2.02. The van der Waals surface area contributed by atoms with Crippen LogP contribution in [0.5, 0.6) is 0 Å². The zero-order valence-electron chi connectivity index (χ0n) is 10.4. The van der Waals surface area contributed by atoms with Crippen molar-refractivity contribution >= 4 is 0 Å². The van der Waals surface area contributed by atoms with Crippen LogP contribution in [0.1, 0.15) is 43.8 Å². The van der Waals surface area contributed by atoms with E-state index in [1.807, 2.05) is 7.05 Å². The maximum atomic E-state index is 5.59. The molecule has 0 bridgehead atoms. The van der Waals surface area contributed by atoms with Crippen LogP contribution in [0.3, 0.4) is 0 Å². The van der Waals surface area contributed by atoms with Crippen LogP contribution in [0.25, 0.3) is 0 Å². The largest absolute Gasteiger partial charge is 0.448 e. The third kappa shape index (κ3) is 2.28. The molecule has 1 aromatic heterocycles. The molecule has 2 atom stereocenters. The fourth-order valence-corrected chi connectivity index (χ4v) is 2.16. The normalized spacial score (nSPS) is 23.8. The van der Waals surface area contributed by atoms with E-state index in [1.54, 1.807) is 6.26 Å². The van der Waals surface area contributed by atoms with Crippen LogP contribution in [-0.2, 0) is 0 Å². The number of rotatable bonds is 4. The van der Waals surface area contributed by atoms with Gasteiger partial charge in [0, 0.05) is 18.5 Å². The van der Waals surface area contributed by atoms with Crippen molar-refractivity contribution < 1.29 is 4.42 Å². The first-order chi connectivity index (χ1) is 7.74. The summed E-state index contributed by atoms with van der Waals surface area (Å²) in [6.45, 7) is 7.67.